The first-order valence-corrected chi connectivity index (χ1v) is 5.21. The summed E-state index contributed by atoms with van der Waals surface area (Å²) in [6.45, 7) is 3.85. The number of hydrogen-bond acceptors (Lipinski definition) is 6. The Kier molecular flexibility index (Phi) is 4.54. The lowest BCUT2D eigenvalue weighted by Crippen LogP contribution is -2.32. The normalized spacial score (nSPS) is 23.8. The van der Waals surface area contributed by atoms with Crippen molar-refractivity contribution in [2.24, 2.45) is 0 Å². The Bertz CT molecular complexity index is 264. The van der Waals surface area contributed by atoms with E-state index in [0.717, 1.165) is 6.42 Å². The molecule has 6 nitrogen and oxygen atoms in total. The summed E-state index contributed by atoms with van der Waals surface area (Å²) in [4.78, 5) is 21.7. The number of carbonyl (C=O) groups is 2. The van der Waals surface area contributed by atoms with Crippen LogP contribution in [0.4, 0.5) is 4.79 Å². The molecule has 0 saturated carbocycles. The van der Waals surface area contributed by atoms with E-state index in [1.807, 2.05) is 6.92 Å². The van der Waals surface area contributed by atoms with E-state index in [1.165, 1.54) is 0 Å². The van der Waals surface area contributed by atoms with Crippen molar-refractivity contribution < 1.29 is 28.5 Å². The summed E-state index contributed by atoms with van der Waals surface area (Å²) in [7, 11) is 0. The van der Waals surface area contributed by atoms with E-state index >= 15 is 0 Å². The first-order chi connectivity index (χ1) is 7.56. The van der Waals surface area contributed by atoms with Gasteiger partial charge in [0.05, 0.1) is 6.61 Å². The maximum absolute atomic E-state index is 11.0. The number of esters is 1. The van der Waals surface area contributed by atoms with Crippen LogP contribution in [0.1, 0.15) is 26.7 Å². The van der Waals surface area contributed by atoms with E-state index < -0.39 is 11.9 Å². The second kappa shape index (κ2) is 5.69. The van der Waals surface area contributed by atoms with Crippen LogP contribution < -0.4 is 0 Å². The molecule has 1 aliphatic heterocycles. The van der Waals surface area contributed by atoms with Crippen molar-refractivity contribution in [3.63, 3.8) is 0 Å². The van der Waals surface area contributed by atoms with Gasteiger partial charge in [0.1, 0.15) is 6.61 Å². The summed E-state index contributed by atoms with van der Waals surface area (Å²) in [6.07, 6.45) is 0.406. The van der Waals surface area contributed by atoms with Gasteiger partial charge in [0.15, 0.2) is 6.61 Å². The fraction of sp³-hybridized carbons (Fsp3) is 0.800. The van der Waals surface area contributed by atoms with Crippen LogP contribution in [0.5, 0.6) is 0 Å². The summed E-state index contributed by atoms with van der Waals surface area (Å²) in [5.41, 5.74) is 0. The maximum Gasteiger partial charge on any atom is 0.511 e. The first kappa shape index (κ1) is 12.8. The van der Waals surface area contributed by atoms with Gasteiger partial charge in [-0.1, -0.05) is 6.92 Å². The van der Waals surface area contributed by atoms with Crippen molar-refractivity contribution in [2.75, 3.05) is 19.8 Å². The first-order valence-electron chi connectivity index (χ1n) is 5.21. The van der Waals surface area contributed by atoms with Gasteiger partial charge in [0.2, 0.25) is 5.79 Å². The van der Waals surface area contributed by atoms with Gasteiger partial charge in [-0.05, 0) is 6.42 Å². The van der Waals surface area contributed by atoms with Crippen molar-refractivity contribution >= 4 is 12.1 Å². The van der Waals surface area contributed by atoms with Crippen LogP contribution >= 0.6 is 0 Å². The van der Waals surface area contributed by atoms with E-state index in [9.17, 15) is 9.59 Å². The Morgan fingerprint density at radius 2 is 2.25 bits per heavy atom. The van der Waals surface area contributed by atoms with Crippen molar-refractivity contribution in [1.82, 2.24) is 0 Å². The molecule has 1 fully saturated rings. The van der Waals surface area contributed by atoms with Gasteiger partial charge in [-0.3, -0.25) is 4.79 Å². The molecule has 1 saturated heterocycles. The third kappa shape index (κ3) is 4.06. The standard InChI is InChI=1S/C10H16O6/c1-3-4-8(11)13-5-6-15-10(2)7-14-9(12)16-10/h3-7H2,1-2H3. The molecule has 6 heteroatoms. The number of cyclic esters (lactones) is 2. The van der Waals surface area contributed by atoms with Crippen LogP contribution in [0, 0.1) is 0 Å². The fourth-order valence-electron chi connectivity index (χ4n) is 1.19. The molecule has 0 radical (unpaired) electrons. The fourth-order valence-corrected chi connectivity index (χ4v) is 1.19. The highest BCUT2D eigenvalue weighted by atomic mass is 16.8. The van der Waals surface area contributed by atoms with Gasteiger partial charge in [-0.25, -0.2) is 4.79 Å². The smallest absolute Gasteiger partial charge is 0.463 e. The van der Waals surface area contributed by atoms with Gasteiger partial charge < -0.3 is 18.9 Å². The lowest BCUT2D eigenvalue weighted by atomic mass is 10.3. The molecule has 0 spiro atoms. The Morgan fingerprint density at radius 3 is 2.81 bits per heavy atom. The zero-order valence-electron chi connectivity index (χ0n) is 9.49. The van der Waals surface area contributed by atoms with Gasteiger partial charge in [0.25, 0.3) is 0 Å². The molecule has 0 aromatic heterocycles. The van der Waals surface area contributed by atoms with Crippen molar-refractivity contribution in [2.45, 2.75) is 32.5 Å². The third-order valence-corrected chi connectivity index (χ3v) is 1.96. The van der Waals surface area contributed by atoms with Crippen LogP contribution in [0.15, 0.2) is 0 Å². The van der Waals surface area contributed by atoms with Gasteiger partial charge in [-0.15, -0.1) is 0 Å². The lowest BCUT2D eigenvalue weighted by Gasteiger charge is -2.19. The third-order valence-electron chi connectivity index (χ3n) is 1.96. The second-order valence-electron chi connectivity index (χ2n) is 3.59. The molecule has 0 bridgehead atoms. The van der Waals surface area contributed by atoms with Gasteiger partial charge in [-0.2, -0.15) is 0 Å². The Hall–Kier alpha value is -1.30. The number of hydrogen-bond donors (Lipinski definition) is 0. The SMILES string of the molecule is CCCC(=O)OCCOC1(C)COC(=O)O1. The lowest BCUT2D eigenvalue weighted by molar-refractivity contribution is -0.178. The van der Waals surface area contributed by atoms with E-state index in [2.05, 4.69) is 4.74 Å². The average Bonchev–Trinajstić information content (AvgIpc) is 2.55. The molecule has 0 N–H and O–H groups in total. The topological polar surface area (TPSA) is 71.1 Å². The quantitative estimate of drug-likeness (QED) is 0.506. The minimum Gasteiger partial charge on any atom is -0.463 e. The van der Waals surface area contributed by atoms with E-state index in [1.54, 1.807) is 6.92 Å². The summed E-state index contributed by atoms with van der Waals surface area (Å²) in [6, 6.07) is 0. The molecular weight excluding hydrogens is 216 g/mol. The zero-order valence-corrected chi connectivity index (χ0v) is 9.49. The molecule has 1 heterocycles. The van der Waals surface area contributed by atoms with Crippen LogP contribution in [-0.2, 0) is 23.7 Å². The molecular formula is C10H16O6. The second-order valence-corrected chi connectivity index (χ2v) is 3.59. The van der Waals surface area contributed by atoms with Gasteiger partial charge >= 0.3 is 12.1 Å². The molecule has 1 unspecified atom stereocenters. The minimum absolute atomic E-state index is 0.0503. The van der Waals surface area contributed by atoms with Crippen LogP contribution in [0.2, 0.25) is 0 Å². The summed E-state index contributed by atoms with van der Waals surface area (Å²) >= 11 is 0. The van der Waals surface area contributed by atoms with E-state index in [-0.39, 0.29) is 25.8 Å². The highest BCUT2D eigenvalue weighted by Crippen LogP contribution is 2.20. The molecule has 16 heavy (non-hydrogen) atoms. The average molecular weight is 232 g/mol. The zero-order chi connectivity index (χ0) is 12.0. The number of ether oxygens (including phenoxy) is 4. The maximum atomic E-state index is 11.0. The molecule has 0 aliphatic carbocycles. The molecule has 1 atom stereocenters. The van der Waals surface area contributed by atoms with Crippen LogP contribution in [-0.4, -0.2) is 37.7 Å². The molecule has 1 aliphatic rings. The largest absolute Gasteiger partial charge is 0.511 e. The summed E-state index contributed by atoms with van der Waals surface area (Å²) < 4.78 is 19.5. The number of rotatable bonds is 6. The minimum atomic E-state index is -1.06. The van der Waals surface area contributed by atoms with Crippen molar-refractivity contribution in [1.29, 1.82) is 0 Å². The highest BCUT2D eigenvalue weighted by molar-refractivity contribution is 5.69. The van der Waals surface area contributed by atoms with Gasteiger partial charge in [0, 0.05) is 13.3 Å². The Labute approximate surface area is 93.8 Å². The Balaban J connectivity index is 2.11. The Morgan fingerprint density at radius 1 is 1.50 bits per heavy atom. The van der Waals surface area contributed by atoms with Crippen molar-refractivity contribution in [3.8, 4) is 0 Å². The molecule has 92 valence electrons. The summed E-state index contributed by atoms with van der Waals surface area (Å²) in [5.74, 6) is -1.32. The van der Waals surface area contributed by atoms with E-state index in [0.29, 0.717) is 6.42 Å². The summed E-state index contributed by atoms with van der Waals surface area (Å²) in [5, 5.41) is 0. The molecule has 0 aromatic rings. The predicted octanol–water partition coefficient (Wildman–Crippen LogP) is 1.23. The molecule has 0 amide bonds. The predicted molar refractivity (Wildman–Crippen MR) is 52.7 cm³/mol. The van der Waals surface area contributed by atoms with E-state index in [4.69, 9.17) is 14.2 Å². The molecule has 0 aromatic carbocycles. The molecule has 1 rings (SSSR count). The number of carbonyl (C=O) groups excluding carboxylic acids is 2. The van der Waals surface area contributed by atoms with Crippen LogP contribution in [0.3, 0.4) is 0 Å². The monoisotopic (exact) mass is 232 g/mol. The van der Waals surface area contributed by atoms with Crippen molar-refractivity contribution in [3.05, 3.63) is 0 Å². The highest BCUT2D eigenvalue weighted by Gasteiger charge is 2.38. The van der Waals surface area contributed by atoms with Crippen LogP contribution in [0.25, 0.3) is 0 Å².